The number of rotatable bonds is 4. The molecule has 0 saturated heterocycles. The number of methoxy groups -OCH3 is 1. The molecule has 1 heterocycles. The molecule has 3 heteroatoms. The molecule has 0 aliphatic carbocycles. The summed E-state index contributed by atoms with van der Waals surface area (Å²) in [7, 11) is 1.62. The normalized spacial score (nSPS) is 10.3. The average Bonchev–Trinajstić information content (AvgIpc) is 2.46. The monoisotopic (exact) mass is 255 g/mol. The van der Waals surface area contributed by atoms with Crippen molar-refractivity contribution in [2.75, 3.05) is 7.11 Å². The van der Waals surface area contributed by atoms with E-state index in [1.807, 2.05) is 44.2 Å². The Morgan fingerprint density at radius 2 is 2.11 bits per heavy atom. The van der Waals surface area contributed by atoms with Gasteiger partial charge in [0.25, 0.3) is 0 Å². The molecular formula is C16H17NO2. The molecule has 98 valence electrons. The van der Waals surface area contributed by atoms with Gasteiger partial charge in [0.15, 0.2) is 5.78 Å². The summed E-state index contributed by atoms with van der Waals surface area (Å²) in [5.41, 5.74) is 3.41. The van der Waals surface area contributed by atoms with Crippen molar-refractivity contribution in [2.24, 2.45) is 0 Å². The highest BCUT2D eigenvalue weighted by Crippen LogP contribution is 2.29. The van der Waals surface area contributed by atoms with Gasteiger partial charge in [0.2, 0.25) is 0 Å². The third-order valence-corrected chi connectivity index (χ3v) is 3.11. The van der Waals surface area contributed by atoms with Gasteiger partial charge >= 0.3 is 0 Å². The van der Waals surface area contributed by atoms with E-state index in [9.17, 15) is 4.79 Å². The van der Waals surface area contributed by atoms with Crippen LogP contribution in [0.25, 0.3) is 11.3 Å². The Morgan fingerprint density at radius 3 is 2.74 bits per heavy atom. The van der Waals surface area contributed by atoms with Gasteiger partial charge in [-0.05, 0) is 36.8 Å². The molecule has 19 heavy (non-hydrogen) atoms. The predicted molar refractivity (Wildman–Crippen MR) is 75.6 cm³/mol. The van der Waals surface area contributed by atoms with E-state index >= 15 is 0 Å². The Hall–Kier alpha value is -2.16. The minimum Gasteiger partial charge on any atom is -0.497 e. The van der Waals surface area contributed by atoms with Crippen LogP contribution in [0.15, 0.2) is 36.5 Å². The van der Waals surface area contributed by atoms with Gasteiger partial charge in [-0.25, -0.2) is 0 Å². The van der Waals surface area contributed by atoms with Gasteiger partial charge < -0.3 is 4.74 Å². The number of benzene rings is 1. The second kappa shape index (κ2) is 5.65. The van der Waals surface area contributed by atoms with E-state index in [0.29, 0.717) is 12.0 Å². The maximum Gasteiger partial charge on any atom is 0.163 e. The standard InChI is InChI=1S/C16H17NO2/c1-4-15(18)13-8-7-12(19-3)10-14(13)16-11(2)6-5-9-17-16/h5-10H,4H2,1-3H3. The van der Waals surface area contributed by atoms with Crippen LogP contribution in [0.4, 0.5) is 0 Å². The molecule has 1 aromatic heterocycles. The number of Topliss-reactive ketones (excluding diaryl/α,β-unsaturated/α-hetero) is 1. The fraction of sp³-hybridized carbons (Fsp3) is 0.250. The quantitative estimate of drug-likeness (QED) is 0.783. The minimum atomic E-state index is 0.114. The molecule has 0 saturated carbocycles. The van der Waals surface area contributed by atoms with Crippen LogP contribution in [0.5, 0.6) is 5.75 Å². The van der Waals surface area contributed by atoms with Gasteiger partial charge in [-0.3, -0.25) is 9.78 Å². The maximum absolute atomic E-state index is 12.0. The number of ketones is 1. The summed E-state index contributed by atoms with van der Waals surface area (Å²) >= 11 is 0. The lowest BCUT2D eigenvalue weighted by Gasteiger charge is -2.11. The van der Waals surface area contributed by atoms with Gasteiger partial charge in [0, 0.05) is 23.7 Å². The fourth-order valence-electron chi connectivity index (χ4n) is 2.05. The van der Waals surface area contributed by atoms with Crippen LogP contribution in [0.3, 0.4) is 0 Å². The first kappa shape index (κ1) is 13.3. The summed E-state index contributed by atoms with van der Waals surface area (Å²) in [4.78, 5) is 16.4. The number of aromatic nitrogens is 1. The van der Waals surface area contributed by atoms with E-state index in [4.69, 9.17) is 4.74 Å². The highest BCUT2D eigenvalue weighted by Gasteiger charge is 2.14. The lowest BCUT2D eigenvalue weighted by atomic mass is 9.97. The number of hydrogen-bond acceptors (Lipinski definition) is 3. The minimum absolute atomic E-state index is 0.114. The number of carbonyl (C=O) groups excluding carboxylic acids is 1. The van der Waals surface area contributed by atoms with Gasteiger partial charge in [0.05, 0.1) is 12.8 Å². The highest BCUT2D eigenvalue weighted by atomic mass is 16.5. The largest absolute Gasteiger partial charge is 0.497 e. The molecule has 0 fully saturated rings. The van der Waals surface area contributed by atoms with Crippen LogP contribution >= 0.6 is 0 Å². The van der Waals surface area contributed by atoms with Gasteiger partial charge in [0.1, 0.15) is 5.75 Å². The van der Waals surface area contributed by atoms with Crippen molar-refractivity contribution >= 4 is 5.78 Å². The second-order valence-electron chi connectivity index (χ2n) is 4.36. The van der Waals surface area contributed by atoms with Crippen LogP contribution in [0.2, 0.25) is 0 Å². The molecule has 1 aromatic carbocycles. The molecular weight excluding hydrogens is 238 g/mol. The zero-order chi connectivity index (χ0) is 13.8. The summed E-state index contributed by atoms with van der Waals surface area (Å²) in [6, 6.07) is 9.37. The molecule has 0 bridgehead atoms. The van der Waals surface area contributed by atoms with E-state index in [1.54, 1.807) is 13.3 Å². The zero-order valence-corrected chi connectivity index (χ0v) is 11.4. The second-order valence-corrected chi connectivity index (χ2v) is 4.36. The third kappa shape index (κ3) is 2.65. The molecule has 0 unspecified atom stereocenters. The SMILES string of the molecule is CCC(=O)c1ccc(OC)cc1-c1ncccc1C. The number of nitrogens with zero attached hydrogens (tertiary/aromatic N) is 1. The molecule has 2 rings (SSSR count). The summed E-state index contributed by atoms with van der Waals surface area (Å²) in [6.45, 7) is 3.85. The summed E-state index contributed by atoms with van der Waals surface area (Å²) in [5, 5.41) is 0. The van der Waals surface area contributed by atoms with E-state index < -0.39 is 0 Å². The van der Waals surface area contributed by atoms with Crippen molar-refractivity contribution in [3.05, 3.63) is 47.7 Å². The van der Waals surface area contributed by atoms with Crippen molar-refractivity contribution in [3.8, 4) is 17.0 Å². The smallest absolute Gasteiger partial charge is 0.163 e. The lowest BCUT2D eigenvalue weighted by Crippen LogP contribution is -2.02. The van der Waals surface area contributed by atoms with Gasteiger partial charge in [-0.1, -0.05) is 13.0 Å². The Labute approximate surface area is 113 Å². The lowest BCUT2D eigenvalue weighted by molar-refractivity contribution is 0.0988. The first-order chi connectivity index (χ1) is 9.17. The fourth-order valence-corrected chi connectivity index (χ4v) is 2.05. The first-order valence-corrected chi connectivity index (χ1v) is 6.30. The number of hydrogen-bond donors (Lipinski definition) is 0. The van der Waals surface area contributed by atoms with Crippen LogP contribution < -0.4 is 4.74 Å². The summed E-state index contributed by atoms with van der Waals surface area (Å²) < 4.78 is 5.25. The number of ether oxygens (including phenoxy) is 1. The molecule has 0 radical (unpaired) electrons. The maximum atomic E-state index is 12.0. The average molecular weight is 255 g/mol. The Bertz CT molecular complexity index is 605. The molecule has 0 N–H and O–H groups in total. The van der Waals surface area contributed by atoms with Gasteiger partial charge in [-0.15, -0.1) is 0 Å². The van der Waals surface area contributed by atoms with Crippen LogP contribution in [-0.2, 0) is 0 Å². The molecule has 0 atom stereocenters. The third-order valence-electron chi connectivity index (χ3n) is 3.11. The zero-order valence-electron chi connectivity index (χ0n) is 11.4. The van der Waals surface area contributed by atoms with Crippen LogP contribution in [0.1, 0.15) is 29.3 Å². The summed E-state index contributed by atoms with van der Waals surface area (Å²) in [6.07, 6.45) is 2.22. The number of carbonyl (C=O) groups is 1. The van der Waals surface area contributed by atoms with Gasteiger partial charge in [-0.2, -0.15) is 0 Å². The molecule has 0 amide bonds. The summed E-state index contributed by atoms with van der Waals surface area (Å²) in [5.74, 6) is 0.843. The Balaban J connectivity index is 2.65. The predicted octanol–water partition coefficient (Wildman–Crippen LogP) is 3.66. The Morgan fingerprint density at radius 1 is 1.32 bits per heavy atom. The first-order valence-electron chi connectivity index (χ1n) is 6.30. The molecule has 0 aliphatic heterocycles. The van der Waals surface area contributed by atoms with Crippen LogP contribution in [0, 0.1) is 6.92 Å². The Kier molecular flexibility index (Phi) is 3.95. The molecule has 3 nitrogen and oxygen atoms in total. The van der Waals surface area contributed by atoms with Crippen molar-refractivity contribution in [2.45, 2.75) is 20.3 Å². The van der Waals surface area contributed by atoms with Crippen molar-refractivity contribution in [1.82, 2.24) is 4.98 Å². The molecule has 0 aliphatic rings. The number of pyridine rings is 1. The van der Waals surface area contributed by atoms with Crippen molar-refractivity contribution < 1.29 is 9.53 Å². The molecule has 0 spiro atoms. The highest BCUT2D eigenvalue weighted by molar-refractivity contribution is 6.02. The van der Waals surface area contributed by atoms with E-state index in [0.717, 1.165) is 22.6 Å². The van der Waals surface area contributed by atoms with Crippen molar-refractivity contribution in [1.29, 1.82) is 0 Å². The van der Waals surface area contributed by atoms with Crippen LogP contribution in [-0.4, -0.2) is 17.9 Å². The number of aryl methyl sites for hydroxylation is 1. The van der Waals surface area contributed by atoms with Crippen molar-refractivity contribution in [3.63, 3.8) is 0 Å². The topological polar surface area (TPSA) is 39.2 Å². The molecule has 2 aromatic rings. The van der Waals surface area contributed by atoms with E-state index in [1.165, 1.54) is 0 Å². The van der Waals surface area contributed by atoms with E-state index in [-0.39, 0.29) is 5.78 Å². The van der Waals surface area contributed by atoms with E-state index in [2.05, 4.69) is 4.98 Å².